The minimum Gasteiger partial charge on any atom is -0.484 e. The number of ether oxygens (including phenoxy) is 2. The number of benzene rings is 1. The summed E-state index contributed by atoms with van der Waals surface area (Å²) in [5.41, 5.74) is 0.835. The number of nitrogens with one attached hydrogen (secondary N) is 1. The molecule has 126 valence electrons. The van der Waals surface area contributed by atoms with Crippen LogP contribution in [0.3, 0.4) is 0 Å². The monoisotopic (exact) mass is 335 g/mol. The van der Waals surface area contributed by atoms with E-state index in [1.165, 1.54) is 0 Å². The molecule has 1 amide bonds. The molecule has 0 aliphatic rings. The highest BCUT2D eigenvalue weighted by atomic mass is 16.5. The van der Waals surface area contributed by atoms with Crippen LogP contribution in [0, 0.1) is 6.92 Å². The standard InChI is InChI=1S/C19H17N3O3/c1-14-5-4-6-17(21-14)22-18(23)13-24-15-8-10-16(11-9-15)25-19-7-2-3-12-20-19/h2-12H,13H2,1H3,(H,21,22,23). The molecule has 25 heavy (non-hydrogen) atoms. The highest BCUT2D eigenvalue weighted by molar-refractivity contribution is 5.90. The lowest BCUT2D eigenvalue weighted by molar-refractivity contribution is -0.118. The third-order valence-corrected chi connectivity index (χ3v) is 3.21. The summed E-state index contributed by atoms with van der Waals surface area (Å²) >= 11 is 0. The second-order valence-corrected chi connectivity index (χ2v) is 5.24. The van der Waals surface area contributed by atoms with E-state index >= 15 is 0 Å². The van der Waals surface area contributed by atoms with Crippen molar-refractivity contribution in [1.82, 2.24) is 9.97 Å². The normalized spacial score (nSPS) is 10.1. The van der Waals surface area contributed by atoms with Crippen LogP contribution in [0.1, 0.15) is 5.69 Å². The average molecular weight is 335 g/mol. The molecule has 0 aliphatic heterocycles. The first-order valence-corrected chi connectivity index (χ1v) is 7.74. The number of rotatable bonds is 6. The molecule has 6 heteroatoms. The Labute approximate surface area is 145 Å². The van der Waals surface area contributed by atoms with Crippen LogP contribution in [0.2, 0.25) is 0 Å². The molecule has 0 saturated carbocycles. The molecule has 3 rings (SSSR count). The van der Waals surface area contributed by atoms with Gasteiger partial charge in [-0.25, -0.2) is 9.97 Å². The molecule has 0 radical (unpaired) electrons. The number of carbonyl (C=O) groups excluding carboxylic acids is 1. The van der Waals surface area contributed by atoms with E-state index in [0.717, 1.165) is 5.69 Å². The van der Waals surface area contributed by atoms with Gasteiger partial charge in [-0.1, -0.05) is 12.1 Å². The van der Waals surface area contributed by atoms with Crippen LogP contribution in [0.5, 0.6) is 17.4 Å². The lowest BCUT2D eigenvalue weighted by atomic mass is 10.3. The fourth-order valence-electron chi connectivity index (χ4n) is 2.07. The summed E-state index contributed by atoms with van der Waals surface area (Å²) in [6.45, 7) is 1.76. The van der Waals surface area contributed by atoms with Crippen LogP contribution < -0.4 is 14.8 Å². The molecule has 0 bridgehead atoms. The summed E-state index contributed by atoms with van der Waals surface area (Å²) in [5, 5.41) is 2.69. The van der Waals surface area contributed by atoms with Crippen LogP contribution in [0.15, 0.2) is 66.9 Å². The summed E-state index contributed by atoms with van der Waals surface area (Å²) in [7, 11) is 0. The fourth-order valence-corrected chi connectivity index (χ4v) is 2.07. The first-order valence-electron chi connectivity index (χ1n) is 7.74. The Kier molecular flexibility index (Phi) is 5.21. The zero-order chi connectivity index (χ0) is 17.5. The van der Waals surface area contributed by atoms with Crippen LogP contribution in [0.25, 0.3) is 0 Å². The molecule has 3 aromatic rings. The summed E-state index contributed by atoms with van der Waals surface area (Å²) in [4.78, 5) is 20.2. The van der Waals surface area contributed by atoms with Crippen LogP contribution in [0.4, 0.5) is 5.82 Å². The van der Waals surface area contributed by atoms with Crippen molar-refractivity contribution >= 4 is 11.7 Å². The number of aromatic nitrogens is 2. The highest BCUT2D eigenvalue weighted by Crippen LogP contribution is 2.22. The van der Waals surface area contributed by atoms with E-state index < -0.39 is 0 Å². The average Bonchev–Trinajstić information content (AvgIpc) is 2.62. The summed E-state index contributed by atoms with van der Waals surface area (Å²) < 4.78 is 11.1. The number of hydrogen-bond donors (Lipinski definition) is 1. The zero-order valence-electron chi connectivity index (χ0n) is 13.7. The Balaban J connectivity index is 1.50. The van der Waals surface area contributed by atoms with Crippen LogP contribution >= 0.6 is 0 Å². The van der Waals surface area contributed by atoms with Gasteiger partial charge in [0.2, 0.25) is 5.88 Å². The molecule has 0 fully saturated rings. The Morgan fingerprint density at radius 1 is 1.00 bits per heavy atom. The van der Waals surface area contributed by atoms with Gasteiger partial charge >= 0.3 is 0 Å². The molecule has 2 aromatic heterocycles. The van der Waals surface area contributed by atoms with E-state index in [9.17, 15) is 4.79 Å². The van der Waals surface area contributed by atoms with Gasteiger partial charge in [0.15, 0.2) is 6.61 Å². The van der Waals surface area contributed by atoms with Crippen molar-refractivity contribution in [1.29, 1.82) is 0 Å². The van der Waals surface area contributed by atoms with Gasteiger partial charge in [-0.3, -0.25) is 4.79 Å². The van der Waals surface area contributed by atoms with E-state index in [1.807, 2.05) is 31.2 Å². The van der Waals surface area contributed by atoms with Gasteiger partial charge in [0.1, 0.15) is 17.3 Å². The molecule has 0 saturated heterocycles. The smallest absolute Gasteiger partial charge is 0.263 e. The molecule has 0 aliphatic carbocycles. The molecule has 0 spiro atoms. The summed E-state index contributed by atoms with van der Waals surface area (Å²) in [5.74, 6) is 1.96. The van der Waals surface area contributed by atoms with Crippen molar-refractivity contribution < 1.29 is 14.3 Å². The fraction of sp³-hybridized carbons (Fsp3) is 0.105. The number of aryl methyl sites for hydroxylation is 1. The Hall–Kier alpha value is -3.41. The quantitative estimate of drug-likeness (QED) is 0.745. The van der Waals surface area contributed by atoms with Crippen molar-refractivity contribution in [3.63, 3.8) is 0 Å². The number of amides is 1. The molecule has 6 nitrogen and oxygen atoms in total. The van der Waals surface area contributed by atoms with E-state index in [1.54, 1.807) is 42.6 Å². The molecular formula is C19H17N3O3. The second kappa shape index (κ2) is 7.92. The number of carbonyl (C=O) groups is 1. The molecular weight excluding hydrogens is 318 g/mol. The van der Waals surface area contributed by atoms with E-state index in [0.29, 0.717) is 23.2 Å². The zero-order valence-corrected chi connectivity index (χ0v) is 13.7. The van der Waals surface area contributed by atoms with Gasteiger partial charge in [-0.15, -0.1) is 0 Å². The van der Waals surface area contributed by atoms with Crippen LogP contribution in [-0.4, -0.2) is 22.5 Å². The largest absolute Gasteiger partial charge is 0.484 e. The third-order valence-electron chi connectivity index (χ3n) is 3.21. The van der Waals surface area contributed by atoms with Crippen molar-refractivity contribution in [2.24, 2.45) is 0 Å². The molecule has 0 atom stereocenters. The first-order chi connectivity index (χ1) is 12.2. The predicted octanol–water partition coefficient (Wildman–Crippen LogP) is 3.59. The Morgan fingerprint density at radius 3 is 2.52 bits per heavy atom. The number of pyridine rings is 2. The van der Waals surface area contributed by atoms with Gasteiger partial charge in [0.05, 0.1) is 0 Å². The van der Waals surface area contributed by atoms with Crippen molar-refractivity contribution in [2.45, 2.75) is 6.92 Å². The van der Waals surface area contributed by atoms with Crippen molar-refractivity contribution in [2.75, 3.05) is 11.9 Å². The van der Waals surface area contributed by atoms with Gasteiger partial charge < -0.3 is 14.8 Å². The van der Waals surface area contributed by atoms with Gasteiger partial charge in [0.25, 0.3) is 5.91 Å². The number of hydrogen-bond acceptors (Lipinski definition) is 5. The minimum absolute atomic E-state index is 0.101. The third kappa shape index (κ3) is 5.04. The minimum atomic E-state index is -0.271. The summed E-state index contributed by atoms with van der Waals surface area (Å²) in [6.07, 6.45) is 1.66. The maximum Gasteiger partial charge on any atom is 0.263 e. The van der Waals surface area contributed by atoms with Crippen molar-refractivity contribution in [3.05, 3.63) is 72.6 Å². The lowest BCUT2D eigenvalue weighted by Gasteiger charge is -2.08. The Bertz CT molecular complexity index is 836. The maximum atomic E-state index is 11.9. The topological polar surface area (TPSA) is 73.3 Å². The van der Waals surface area contributed by atoms with E-state index in [2.05, 4.69) is 15.3 Å². The highest BCUT2D eigenvalue weighted by Gasteiger charge is 2.05. The molecule has 1 aromatic carbocycles. The van der Waals surface area contributed by atoms with E-state index in [-0.39, 0.29) is 12.5 Å². The van der Waals surface area contributed by atoms with Crippen molar-refractivity contribution in [3.8, 4) is 17.4 Å². The predicted molar refractivity (Wildman–Crippen MR) is 93.9 cm³/mol. The summed E-state index contributed by atoms with van der Waals surface area (Å²) in [6, 6.07) is 17.8. The molecule has 1 N–H and O–H groups in total. The second-order valence-electron chi connectivity index (χ2n) is 5.24. The lowest BCUT2D eigenvalue weighted by Crippen LogP contribution is -2.20. The molecule has 2 heterocycles. The molecule has 0 unspecified atom stereocenters. The van der Waals surface area contributed by atoms with Gasteiger partial charge in [-0.2, -0.15) is 0 Å². The number of nitrogens with zero attached hydrogens (tertiary/aromatic N) is 2. The van der Waals surface area contributed by atoms with Crippen LogP contribution in [-0.2, 0) is 4.79 Å². The van der Waals surface area contributed by atoms with Gasteiger partial charge in [0, 0.05) is 18.0 Å². The van der Waals surface area contributed by atoms with E-state index in [4.69, 9.17) is 9.47 Å². The SMILES string of the molecule is Cc1cccc(NC(=O)COc2ccc(Oc3ccccn3)cc2)n1. The Morgan fingerprint density at radius 2 is 1.80 bits per heavy atom. The van der Waals surface area contributed by atoms with Gasteiger partial charge in [-0.05, 0) is 49.4 Å². The maximum absolute atomic E-state index is 11.9. The number of anilines is 1. The first kappa shape index (κ1) is 16.4.